The number of benzene rings is 1. The highest BCUT2D eigenvalue weighted by atomic mass is 16.5. The normalized spacial score (nSPS) is 16.9. The van der Waals surface area contributed by atoms with Crippen LogP contribution in [0.1, 0.15) is 21.5 Å². The molecule has 0 spiro atoms. The van der Waals surface area contributed by atoms with Crippen LogP contribution in [0.5, 0.6) is 0 Å². The van der Waals surface area contributed by atoms with Crippen molar-refractivity contribution < 1.29 is 9.52 Å². The average molecular weight is 330 g/mol. The lowest BCUT2D eigenvalue weighted by atomic mass is 10.1. The van der Waals surface area contributed by atoms with E-state index in [1.807, 2.05) is 53.6 Å². The summed E-state index contributed by atoms with van der Waals surface area (Å²) in [5.74, 6) is 0.672. The summed E-state index contributed by atoms with van der Waals surface area (Å²) in [7, 11) is 0. The van der Waals surface area contributed by atoms with E-state index in [1.54, 1.807) is 0 Å². The number of carbonyl (C=O) groups excluding carboxylic acids is 1. The van der Waals surface area contributed by atoms with Gasteiger partial charge in [-0.3, -0.25) is 4.79 Å². The molecule has 0 bridgehead atoms. The summed E-state index contributed by atoms with van der Waals surface area (Å²) in [6.07, 6.45) is 10.2. The molecule has 2 aliphatic heterocycles. The van der Waals surface area contributed by atoms with E-state index < -0.39 is 5.91 Å². The van der Waals surface area contributed by atoms with Gasteiger partial charge in [0.15, 0.2) is 18.2 Å². The van der Waals surface area contributed by atoms with Gasteiger partial charge in [0.1, 0.15) is 5.84 Å². The molecule has 1 amide bonds. The number of aromatic nitrogens is 1. The summed E-state index contributed by atoms with van der Waals surface area (Å²) in [4.78, 5) is 23.3. The third-order valence-corrected chi connectivity index (χ3v) is 3.99. The predicted molar refractivity (Wildman–Crippen MR) is 94.0 cm³/mol. The first kappa shape index (κ1) is 15.0. The molecule has 0 aliphatic carbocycles. The number of amidine groups is 2. The minimum atomic E-state index is -0.432. The van der Waals surface area contributed by atoms with Crippen LogP contribution in [0.15, 0.2) is 83.2 Å². The topological polar surface area (TPSA) is 72.0 Å². The predicted octanol–water partition coefficient (Wildman–Crippen LogP) is 2.20. The Bertz CT molecular complexity index is 956. The van der Waals surface area contributed by atoms with Gasteiger partial charge in [0.2, 0.25) is 0 Å². The zero-order valence-electron chi connectivity index (χ0n) is 13.2. The molecule has 0 atom stereocenters. The Morgan fingerprint density at radius 1 is 1.16 bits per heavy atom. The van der Waals surface area contributed by atoms with Gasteiger partial charge in [0.05, 0.1) is 5.56 Å². The minimum Gasteiger partial charge on any atom is -0.619 e. The van der Waals surface area contributed by atoms with Crippen molar-refractivity contribution in [2.45, 2.75) is 6.54 Å². The Morgan fingerprint density at radius 3 is 2.80 bits per heavy atom. The van der Waals surface area contributed by atoms with E-state index >= 15 is 0 Å². The molecule has 2 aromatic rings. The number of rotatable bonds is 1. The Morgan fingerprint density at radius 2 is 1.96 bits per heavy atom. The summed E-state index contributed by atoms with van der Waals surface area (Å²) >= 11 is 0. The molecule has 6 nitrogen and oxygen atoms in total. The number of amides is 1. The standard InChI is InChI=1S/C19H14N4O2/c24-19(14-8-11-23(25)12-9-14)21-18-16-6-2-1-5-15(16)13-22-10-4-3-7-17(22)20-18/h1-12H,13H2. The maximum atomic E-state index is 12.5. The molecular weight excluding hydrogens is 316 g/mol. The van der Waals surface area contributed by atoms with Crippen LogP contribution < -0.4 is 4.73 Å². The van der Waals surface area contributed by atoms with E-state index in [9.17, 15) is 10.0 Å². The van der Waals surface area contributed by atoms with E-state index in [0.29, 0.717) is 22.7 Å². The van der Waals surface area contributed by atoms with E-state index in [1.165, 1.54) is 24.5 Å². The molecule has 3 heterocycles. The Labute approximate surface area is 144 Å². The van der Waals surface area contributed by atoms with Gasteiger partial charge in [-0.25, -0.2) is 4.99 Å². The van der Waals surface area contributed by atoms with Gasteiger partial charge in [-0.15, -0.1) is 0 Å². The average Bonchev–Trinajstić information content (AvgIpc) is 2.79. The second-order valence-corrected chi connectivity index (χ2v) is 5.64. The largest absolute Gasteiger partial charge is 0.619 e. The summed E-state index contributed by atoms with van der Waals surface area (Å²) in [5.41, 5.74) is 2.21. The van der Waals surface area contributed by atoms with E-state index in [4.69, 9.17) is 0 Å². The van der Waals surface area contributed by atoms with Crippen LogP contribution in [0.4, 0.5) is 0 Å². The number of fused-ring (bicyclic) bond motifs is 2. The van der Waals surface area contributed by atoms with Crippen LogP contribution in [0, 0.1) is 5.21 Å². The summed E-state index contributed by atoms with van der Waals surface area (Å²) in [6, 6.07) is 10.7. The molecule has 0 N–H and O–H groups in total. The molecular formula is C19H14N4O2. The van der Waals surface area contributed by atoms with E-state index in [-0.39, 0.29) is 0 Å². The quantitative estimate of drug-likeness (QED) is 0.594. The Balaban J connectivity index is 1.80. The van der Waals surface area contributed by atoms with Crippen LogP contribution in [0.3, 0.4) is 0 Å². The van der Waals surface area contributed by atoms with Crippen molar-refractivity contribution >= 4 is 17.6 Å². The van der Waals surface area contributed by atoms with E-state index in [0.717, 1.165) is 17.0 Å². The molecule has 1 aromatic heterocycles. The molecule has 0 fully saturated rings. The van der Waals surface area contributed by atoms with Gasteiger partial charge in [0, 0.05) is 30.4 Å². The van der Waals surface area contributed by atoms with Crippen molar-refractivity contribution in [1.29, 1.82) is 0 Å². The zero-order chi connectivity index (χ0) is 17.2. The maximum absolute atomic E-state index is 12.5. The molecule has 1 aromatic carbocycles. The van der Waals surface area contributed by atoms with Gasteiger partial charge in [-0.05, 0) is 17.7 Å². The highest BCUT2D eigenvalue weighted by Gasteiger charge is 2.20. The Hall–Kier alpha value is -3.54. The monoisotopic (exact) mass is 330 g/mol. The molecule has 0 saturated carbocycles. The molecule has 0 radical (unpaired) electrons. The first-order valence-corrected chi connectivity index (χ1v) is 7.81. The van der Waals surface area contributed by atoms with Crippen molar-refractivity contribution in [2.75, 3.05) is 0 Å². The molecule has 25 heavy (non-hydrogen) atoms. The number of aliphatic imine (C=N–C) groups is 2. The minimum absolute atomic E-state index is 0.345. The highest BCUT2D eigenvalue weighted by molar-refractivity contribution is 6.16. The third kappa shape index (κ3) is 2.97. The fourth-order valence-corrected chi connectivity index (χ4v) is 2.73. The zero-order valence-corrected chi connectivity index (χ0v) is 13.2. The second-order valence-electron chi connectivity index (χ2n) is 5.64. The summed E-state index contributed by atoms with van der Waals surface area (Å²) < 4.78 is 0.627. The van der Waals surface area contributed by atoms with Gasteiger partial charge >= 0.3 is 0 Å². The van der Waals surface area contributed by atoms with Crippen molar-refractivity contribution in [3.05, 3.63) is 95.1 Å². The number of nitrogens with zero attached hydrogens (tertiary/aromatic N) is 4. The molecule has 0 unspecified atom stereocenters. The molecule has 122 valence electrons. The lowest BCUT2D eigenvalue weighted by Crippen LogP contribution is -2.24. The van der Waals surface area contributed by atoms with Crippen LogP contribution in [-0.2, 0) is 6.54 Å². The lowest BCUT2D eigenvalue weighted by molar-refractivity contribution is -0.605. The summed E-state index contributed by atoms with van der Waals surface area (Å²) in [5, 5.41) is 11.1. The lowest BCUT2D eigenvalue weighted by Gasteiger charge is -2.20. The van der Waals surface area contributed by atoms with Gasteiger partial charge in [0.25, 0.3) is 5.91 Å². The van der Waals surface area contributed by atoms with Crippen LogP contribution in [0.2, 0.25) is 0 Å². The van der Waals surface area contributed by atoms with E-state index in [2.05, 4.69) is 9.98 Å². The smallest absolute Gasteiger partial charge is 0.279 e. The SMILES string of the molecule is O=C(N=C1N=C2C=CC=CN2Cc2ccccc21)c1cc[n+]([O-])cc1. The molecule has 4 rings (SSSR count). The van der Waals surface area contributed by atoms with Crippen molar-refractivity contribution in [1.82, 2.24) is 4.90 Å². The van der Waals surface area contributed by atoms with Gasteiger partial charge in [-0.1, -0.05) is 30.3 Å². The molecule has 2 aliphatic rings. The number of hydrogen-bond donors (Lipinski definition) is 0. The first-order chi connectivity index (χ1) is 12.2. The molecule has 0 saturated heterocycles. The molecule has 6 heteroatoms. The Kier molecular flexibility index (Phi) is 3.70. The van der Waals surface area contributed by atoms with Crippen molar-refractivity contribution in [3.8, 4) is 0 Å². The fourth-order valence-electron chi connectivity index (χ4n) is 2.73. The number of allylic oxidation sites excluding steroid dienone is 2. The number of pyridine rings is 1. The van der Waals surface area contributed by atoms with Crippen LogP contribution in [-0.4, -0.2) is 22.5 Å². The maximum Gasteiger partial charge on any atom is 0.279 e. The number of carbonyl (C=O) groups is 1. The first-order valence-electron chi connectivity index (χ1n) is 7.81. The summed E-state index contributed by atoms with van der Waals surface area (Å²) in [6.45, 7) is 0.657. The van der Waals surface area contributed by atoms with Gasteiger partial charge in [-0.2, -0.15) is 9.72 Å². The van der Waals surface area contributed by atoms with Crippen LogP contribution >= 0.6 is 0 Å². The third-order valence-electron chi connectivity index (χ3n) is 3.99. The highest BCUT2D eigenvalue weighted by Crippen LogP contribution is 2.20. The van der Waals surface area contributed by atoms with Gasteiger partial charge < -0.3 is 10.1 Å². The second kappa shape index (κ2) is 6.16. The van der Waals surface area contributed by atoms with Crippen molar-refractivity contribution in [3.63, 3.8) is 0 Å². The van der Waals surface area contributed by atoms with Crippen molar-refractivity contribution in [2.24, 2.45) is 9.98 Å². The van der Waals surface area contributed by atoms with Crippen LogP contribution in [0.25, 0.3) is 0 Å². The number of hydrogen-bond acceptors (Lipinski definition) is 3. The fraction of sp³-hybridized carbons (Fsp3) is 0.0526.